The van der Waals surface area contributed by atoms with Crippen LogP contribution in [0.5, 0.6) is 0 Å². The van der Waals surface area contributed by atoms with Crippen molar-refractivity contribution < 1.29 is 178 Å². The molecule has 6 aliphatic rings. The highest BCUT2D eigenvalue weighted by Crippen LogP contribution is 2.41. The number of hydrogen-bond acceptors (Lipinski definition) is 35. The van der Waals surface area contributed by atoms with Crippen molar-refractivity contribution in [2.24, 2.45) is 0 Å². The molecule has 39 nitrogen and oxygen atoms in total. The van der Waals surface area contributed by atoms with Crippen LogP contribution >= 0.6 is 0 Å². The average Bonchev–Trinajstić information content (AvgIpc) is 0.759. The molecule has 0 bridgehead atoms. The van der Waals surface area contributed by atoms with Crippen LogP contribution in [0.15, 0.2) is 12.2 Å². The summed E-state index contributed by atoms with van der Waals surface area (Å²) in [5, 5.41) is 231. The minimum absolute atomic E-state index is 0.157. The molecule has 23 N–H and O–H groups in total. The summed E-state index contributed by atoms with van der Waals surface area (Å²) in [7, 11) is 0. The molecule has 118 heavy (non-hydrogen) atoms. The fourth-order valence-corrected chi connectivity index (χ4v) is 15.8. The fraction of sp³-hybridized carbons (Fsp3) is 0.924. The molecule has 0 radical (unpaired) electrons. The van der Waals surface area contributed by atoms with Gasteiger partial charge in [-0.3, -0.25) is 14.4 Å². The number of unbranched alkanes of at least 4 members (excludes halogenated alkanes) is 25. The molecule has 0 saturated carbocycles. The van der Waals surface area contributed by atoms with E-state index in [0.717, 1.165) is 65.2 Å². The molecule has 33 atom stereocenters. The van der Waals surface area contributed by atoms with E-state index in [1.54, 1.807) is 6.08 Å². The first kappa shape index (κ1) is 103. The van der Waals surface area contributed by atoms with Gasteiger partial charge in [-0.1, -0.05) is 180 Å². The van der Waals surface area contributed by atoms with Crippen molar-refractivity contribution in [3.8, 4) is 0 Å². The number of amides is 3. The predicted octanol–water partition coefficient (Wildman–Crippen LogP) is -3.22. The molecule has 688 valence electrons. The maximum absolute atomic E-state index is 13.6. The summed E-state index contributed by atoms with van der Waals surface area (Å²) < 4.78 is 70.7. The van der Waals surface area contributed by atoms with Crippen molar-refractivity contribution in [1.82, 2.24) is 16.0 Å². The number of aliphatic hydroxyl groups is 19. The molecular formula is C79H141N3O36. The Morgan fingerprint density at radius 1 is 0.441 bits per heavy atom. The van der Waals surface area contributed by atoms with Gasteiger partial charge >= 0.3 is 5.97 Å². The lowest BCUT2D eigenvalue weighted by atomic mass is 9.88. The van der Waals surface area contributed by atoms with Crippen LogP contribution in [0.2, 0.25) is 0 Å². The summed E-state index contributed by atoms with van der Waals surface area (Å²) in [6.07, 6.45) is -27.0. The molecule has 6 rings (SSSR count). The third-order valence-electron chi connectivity index (χ3n) is 22.7. The number of rotatable bonds is 55. The Labute approximate surface area is 689 Å². The molecular weight excluding hydrogens is 1570 g/mol. The Morgan fingerprint density at radius 2 is 0.822 bits per heavy atom. The molecule has 6 fully saturated rings. The van der Waals surface area contributed by atoms with Gasteiger partial charge < -0.3 is 175 Å². The Bertz CT molecular complexity index is 2830. The second kappa shape index (κ2) is 53.6. The van der Waals surface area contributed by atoms with Gasteiger partial charge in [-0.25, -0.2) is 4.79 Å². The molecule has 0 aromatic heterocycles. The fourth-order valence-electron chi connectivity index (χ4n) is 15.8. The molecule has 0 spiro atoms. The zero-order chi connectivity index (χ0) is 86.8. The quantitative estimate of drug-likeness (QED) is 0.0210. The van der Waals surface area contributed by atoms with E-state index in [9.17, 15) is 121 Å². The molecule has 12 unspecified atom stereocenters. The molecule has 6 aliphatic heterocycles. The van der Waals surface area contributed by atoms with Crippen molar-refractivity contribution in [2.45, 2.75) is 416 Å². The molecule has 6 saturated heterocycles. The van der Waals surface area contributed by atoms with Crippen LogP contribution in [-0.2, 0) is 76.0 Å². The Morgan fingerprint density at radius 3 is 1.26 bits per heavy atom. The number of carbonyl (C=O) groups is 4. The summed E-state index contributed by atoms with van der Waals surface area (Å²) >= 11 is 0. The van der Waals surface area contributed by atoms with Gasteiger partial charge in [0.1, 0.15) is 140 Å². The number of aliphatic hydroxyl groups excluding tert-OH is 19. The smallest absolute Gasteiger partial charge is 0.364 e. The lowest BCUT2D eigenvalue weighted by molar-refractivity contribution is -0.394. The number of allylic oxidation sites excluding steroid dienone is 1. The molecule has 0 aromatic carbocycles. The number of carboxylic acids is 1. The summed E-state index contributed by atoms with van der Waals surface area (Å²) in [6.45, 7) is -0.706. The van der Waals surface area contributed by atoms with Crippen molar-refractivity contribution in [3.05, 3.63) is 12.2 Å². The van der Waals surface area contributed by atoms with E-state index in [0.29, 0.717) is 12.8 Å². The standard InChI is InChI=1S/C79H141N3O36/c1-5-7-9-11-13-15-17-19-20-22-24-26-28-30-32-34-54(94)82-45(46(91)33-31-29-27-25-23-21-18-16-14-12-10-8-6-2)42-107-74-63(101)62(100)67(53(41-88)112-74)113-75-64(102)70(59(97)50(38-85)109-75)115-73-56(81-44(4)90)68(58(96)49(37-84)108-73)114-76-65(103)71(60(98)51(39-86)110-76)116-77-66(104)72(61(99)52(40-87)111-77)118-79(78(105)106)35-47(92)55(80-43(3)89)69(117-79)57(95)48(93)36-83/h31,33,45-53,55-77,83-88,91-93,95-104H,5-30,32,34-42H2,1-4H3,(H,80,89)(H,81,90)(H,82,94)(H,105,106)/b33-31+/t45-,46+,47?,48+,49?,50?,51?,52?,53?,55+,56?,57+,58+,59-,60-,61-,62+,63?,64?,65?,66?,67+,68+,69?,70-,71-,72-,73-,74+,75-,76-,77-,79-/m0/s1. The highest BCUT2D eigenvalue weighted by Gasteiger charge is 2.62. The van der Waals surface area contributed by atoms with Gasteiger partial charge in [0.15, 0.2) is 31.5 Å². The van der Waals surface area contributed by atoms with Gasteiger partial charge in [-0.15, -0.1) is 0 Å². The molecule has 0 aliphatic carbocycles. The van der Waals surface area contributed by atoms with Crippen LogP contribution in [0.1, 0.15) is 214 Å². The zero-order valence-corrected chi connectivity index (χ0v) is 68.6. The largest absolute Gasteiger partial charge is 0.477 e. The maximum Gasteiger partial charge on any atom is 0.364 e. The lowest BCUT2D eigenvalue weighted by Crippen LogP contribution is -2.71. The van der Waals surface area contributed by atoms with Crippen LogP contribution in [0.4, 0.5) is 0 Å². The van der Waals surface area contributed by atoms with E-state index in [2.05, 4.69) is 29.8 Å². The van der Waals surface area contributed by atoms with Gasteiger partial charge in [-0.05, 0) is 19.3 Å². The molecule has 6 heterocycles. The topological polar surface area (TPSA) is 620 Å². The van der Waals surface area contributed by atoms with Gasteiger partial charge in [0.2, 0.25) is 17.7 Å². The SMILES string of the molecule is CCCCCCCCCCCCC/C=C/[C@@H](O)[C@H](CO[C@@H]1OC(CO)[C@@H](O[C@@H]2OC(CO)[C@H](O)[C@H](O[C@@H]3OC(CO)[C@@H](O)[C@H](O[C@@H]4OC(CO)[C@H](O)[C@H](O[C@@H]5OC(CO)[C@H](O)[C@H](O[C@]6(C(=O)O)CC(O)[C@@H](NC(C)=O)C([C@H](O)[C@H](O)CO)O6)C5O)C4O)C3NC(C)=O)C2O)[C@H](O)C1O)NC(=O)CCCCCCCCCCCCCCCCC. The third-order valence-corrected chi connectivity index (χ3v) is 22.7. The summed E-state index contributed by atoms with van der Waals surface area (Å²) in [4.78, 5) is 52.1. The van der Waals surface area contributed by atoms with Crippen LogP contribution in [-0.4, -0.2) is 374 Å². The average molecular weight is 1710 g/mol. The minimum atomic E-state index is -3.25. The van der Waals surface area contributed by atoms with E-state index in [-0.39, 0.29) is 12.3 Å². The predicted molar refractivity (Wildman–Crippen MR) is 411 cm³/mol. The van der Waals surface area contributed by atoms with Gasteiger partial charge in [-0.2, -0.15) is 0 Å². The highest BCUT2D eigenvalue weighted by molar-refractivity contribution is 5.77. The normalized spacial score (nSPS) is 36.4. The van der Waals surface area contributed by atoms with Crippen molar-refractivity contribution >= 4 is 23.7 Å². The monoisotopic (exact) mass is 1710 g/mol. The third kappa shape index (κ3) is 30.3. The number of carboxylic acid groups (broad SMARTS) is 1. The lowest BCUT2D eigenvalue weighted by Gasteiger charge is -2.51. The number of carbonyl (C=O) groups excluding carboxylic acids is 3. The Balaban J connectivity index is 1.14. The number of aliphatic carboxylic acids is 1. The van der Waals surface area contributed by atoms with E-state index in [1.807, 2.05) is 6.08 Å². The number of hydrogen-bond donors (Lipinski definition) is 23. The van der Waals surface area contributed by atoms with Gasteiger partial charge in [0.25, 0.3) is 5.79 Å². The van der Waals surface area contributed by atoms with Crippen molar-refractivity contribution in [3.63, 3.8) is 0 Å². The van der Waals surface area contributed by atoms with E-state index in [4.69, 9.17) is 56.8 Å². The number of nitrogens with one attached hydrogen (secondary N) is 3. The second-order valence-corrected chi connectivity index (χ2v) is 32.1. The number of ether oxygens (including phenoxy) is 12. The van der Waals surface area contributed by atoms with E-state index < -0.39 is 272 Å². The zero-order valence-electron chi connectivity index (χ0n) is 68.6. The first-order chi connectivity index (χ1) is 56.5. The van der Waals surface area contributed by atoms with Crippen molar-refractivity contribution in [2.75, 3.05) is 46.2 Å². The molecule has 0 aromatic rings. The summed E-state index contributed by atoms with van der Waals surface area (Å²) in [5.41, 5.74) is 0. The summed E-state index contributed by atoms with van der Waals surface area (Å²) in [5.74, 6) is -7.49. The second-order valence-electron chi connectivity index (χ2n) is 32.1. The Kier molecular flexibility index (Phi) is 46.9. The van der Waals surface area contributed by atoms with Crippen LogP contribution in [0.3, 0.4) is 0 Å². The van der Waals surface area contributed by atoms with E-state index in [1.165, 1.54) is 109 Å². The van der Waals surface area contributed by atoms with Crippen LogP contribution < -0.4 is 16.0 Å². The molecule has 39 heteroatoms. The summed E-state index contributed by atoms with van der Waals surface area (Å²) in [6, 6.07) is -4.71. The molecule has 3 amide bonds. The van der Waals surface area contributed by atoms with Crippen molar-refractivity contribution in [1.29, 1.82) is 0 Å². The van der Waals surface area contributed by atoms with E-state index >= 15 is 0 Å². The van der Waals surface area contributed by atoms with Crippen LogP contribution in [0, 0.1) is 0 Å². The Hall–Kier alpha value is -3.62. The first-order valence-electron chi connectivity index (χ1n) is 42.6. The first-order valence-corrected chi connectivity index (χ1v) is 42.6. The van der Waals surface area contributed by atoms with Gasteiger partial charge in [0.05, 0.1) is 70.5 Å². The maximum atomic E-state index is 13.6. The van der Waals surface area contributed by atoms with Crippen LogP contribution in [0.25, 0.3) is 0 Å². The van der Waals surface area contributed by atoms with Gasteiger partial charge in [0, 0.05) is 26.7 Å². The highest BCUT2D eigenvalue weighted by atomic mass is 16.8. The minimum Gasteiger partial charge on any atom is -0.477 e.